The molecule has 52 valence electrons. The second kappa shape index (κ2) is 2.17. The van der Waals surface area contributed by atoms with Crippen molar-refractivity contribution in [2.45, 2.75) is 18.9 Å². The van der Waals surface area contributed by atoms with Crippen molar-refractivity contribution in [2.24, 2.45) is 11.8 Å². The molecule has 2 heteroatoms. The summed E-state index contributed by atoms with van der Waals surface area (Å²) in [5.74, 6) is 4.35. The molecule has 1 N–H and O–H groups in total. The van der Waals surface area contributed by atoms with Crippen LogP contribution < -0.4 is 0 Å². The fourth-order valence-electron chi connectivity index (χ4n) is 1.96. The zero-order valence-corrected chi connectivity index (χ0v) is 6.23. The van der Waals surface area contributed by atoms with Gasteiger partial charge in [0.05, 0.1) is 6.10 Å². The van der Waals surface area contributed by atoms with Gasteiger partial charge in [-0.15, -0.1) is 0 Å². The first kappa shape index (κ1) is 6.05. The summed E-state index contributed by atoms with van der Waals surface area (Å²) in [5, 5.41) is 9.23. The topological polar surface area (TPSA) is 20.2 Å². The third-order valence-corrected chi connectivity index (χ3v) is 3.81. The van der Waals surface area contributed by atoms with E-state index >= 15 is 0 Å². The van der Waals surface area contributed by atoms with Gasteiger partial charge < -0.3 is 5.11 Å². The molecule has 0 aromatic heterocycles. The third-order valence-electron chi connectivity index (χ3n) is 2.48. The lowest BCUT2D eigenvalue weighted by atomic mass is 10.0. The largest absolute Gasteiger partial charge is 0.393 e. The zero-order chi connectivity index (χ0) is 6.27. The number of thioether (sulfide) groups is 1. The van der Waals surface area contributed by atoms with Crippen molar-refractivity contribution in [1.29, 1.82) is 0 Å². The lowest BCUT2D eigenvalue weighted by Gasteiger charge is -2.02. The molecule has 3 atom stereocenters. The highest BCUT2D eigenvalue weighted by molar-refractivity contribution is 7.99. The van der Waals surface area contributed by atoms with Gasteiger partial charge >= 0.3 is 0 Å². The molecule has 0 bridgehead atoms. The summed E-state index contributed by atoms with van der Waals surface area (Å²) >= 11 is 2.06. The molecule has 1 nitrogen and oxygen atoms in total. The maximum Gasteiger partial charge on any atom is 0.0546 e. The second-order valence-electron chi connectivity index (χ2n) is 3.18. The number of rotatable bonds is 0. The molecule has 2 fully saturated rings. The third kappa shape index (κ3) is 0.987. The summed E-state index contributed by atoms with van der Waals surface area (Å²) in [5.41, 5.74) is 0. The number of aliphatic hydroxyl groups excluding tert-OH is 1. The molecule has 2 aliphatic rings. The minimum Gasteiger partial charge on any atom is -0.393 e. The van der Waals surface area contributed by atoms with Crippen LogP contribution in [0.15, 0.2) is 0 Å². The Bertz CT molecular complexity index is 103. The molecule has 0 unspecified atom stereocenters. The molecule has 0 radical (unpaired) electrons. The maximum absolute atomic E-state index is 9.23. The molecule has 0 aromatic carbocycles. The van der Waals surface area contributed by atoms with Crippen molar-refractivity contribution in [2.75, 3.05) is 11.5 Å². The Kier molecular flexibility index (Phi) is 1.46. The Morgan fingerprint density at radius 3 is 2.22 bits per heavy atom. The molecular weight excluding hydrogens is 132 g/mol. The summed E-state index contributed by atoms with van der Waals surface area (Å²) in [7, 11) is 0. The number of hydrogen-bond acceptors (Lipinski definition) is 2. The first-order chi connectivity index (χ1) is 4.36. The van der Waals surface area contributed by atoms with E-state index < -0.39 is 0 Å². The lowest BCUT2D eigenvalue weighted by molar-refractivity contribution is 0.176. The van der Waals surface area contributed by atoms with Crippen LogP contribution in [0.4, 0.5) is 0 Å². The molecule has 1 aliphatic heterocycles. The summed E-state index contributed by atoms with van der Waals surface area (Å²) in [4.78, 5) is 0. The van der Waals surface area contributed by atoms with Crippen molar-refractivity contribution in [3.63, 3.8) is 0 Å². The van der Waals surface area contributed by atoms with Gasteiger partial charge in [0.1, 0.15) is 0 Å². The Morgan fingerprint density at radius 2 is 1.67 bits per heavy atom. The van der Waals surface area contributed by atoms with Crippen molar-refractivity contribution in [1.82, 2.24) is 0 Å². The van der Waals surface area contributed by atoms with Gasteiger partial charge in [0.15, 0.2) is 0 Å². The van der Waals surface area contributed by atoms with E-state index in [-0.39, 0.29) is 6.10 Å². The minimum absolute atomic E-state index is 0.0425. The second-order valence-corrected chi connectivity index (χ2v) is 4.26. The normalized spacial score (nSPS) is 49.7. The first-order valence-electron chi connectivity index (χ1n) is 3.62. The van der Waals surface area contributed by atoms with Crippen molar-refractivity contribution < 1.29 is 5.11 Å². The average molecular weight is 144 g/mol. The van der Waals surface area contributed by atoms with Crippen LogP contribution in [0, 0.1) is 11.8 Å². The number of hydrogen-bond donors (Lipinski definition) is 1. The van der Waals surface area contributed by atoms with Crippen LogP contribution in [0.25, 0.3) is 0 Å². The van der Waals surface area contributed by atoms with E-state index in [4.69, 9.17) is 0 Å². The number of aliphatic hydroxyl groups is 1. The maximum atomic E-state index is 9.23. The van der Waals surface area contributed by atoms with Crippen LogP contribution in [-0.2, 0) is 0 Å². The summed E-state index contributed by atoms with van der Waals surface area (Å²) in [6.07, 6.45) is 2.20. The molecule has 0 amide bonds. The van der Waals surface area contributed by atoms with Gasteiger partial charge in [-0.1, -0.05) is 0 Å². The van der Waals surface area contributed by atoms with E-state index in [1.54, 1.807) is 0 Å². The molecular formula is C7H12OS. The molecule has 2 rings (SSSR count). The monoisotopic (exact) mass is 144 g/mol. The summed E-state index contributed by atoms with van der Waals surface area (Å²) < 4.78 is 0. The Morgan fingerprint density at radius 1 is 1.11 bits per heavy atom. The summed E-state index contributed by atoms with van der Waals surface area (Å²) in [6.45, 7) is 0. The fraction of sp³-hybridized carbons (Fsp3) is 1.00. The van der Waals surface area contributed by atoms with E-state index in [2.05, 4.69) is 11.8 Å². The first-order valence-corrected chi connectivity index (χ1v) is 4.77. The van der Waals surface area contributed by atoms with E-state index in [1.807, 2.05) is 0 Å². The Labute approximate surface area is 59.8 Å². The molecule has 1 aliphatic carbocycles. The van der Waals surface area contributed by atoms with Gasteiger partial charge in [-0.3, -0.25) is 0 Å². The smallest absolute Gasteiger partial charge is 0.0546 e. The fourth-order valence-corrected chi connectivity index (χ4v) is 3.52. The highest BCUT2D eigenvalue weighted by Gasteiger charge is 2.36. The number of fused-ring (bicyclic) bond motifs is 1. The quantitative estimate of drug-likeness (QED) is 0.550. The van der Waals surface area contributed by atoms with Crippen molar-refractivity contribution in [3.8, 4) is 0 Å². The van der Waals surface area contributed by atoms with Crippen LogP contribution in [0.1, 0.15) is 12.8 Å². The van der Waals surface area contributed by atoms with Crippen molar-refractivity contribution >= 4 is 11.8 Å². The highest BCUT2D eigenvalue weighted by atomic mass is 32.2. The predicted octanol–water partition coefficient (Wildman–Crippen LogP) is 1.12. The van der Waals surface area contributed by atoms with Gasteiger partial charge in [-0.05, 0) is 36.2 Å². The van der Waals surface area contributed by atoms with Gasteiger partial charge in [-0.2, -0.15) is 11.8 Å². The highest BCUT2D eigenvalue weighted by Crippen LogP contribution is 2.41. The molecule has 1 saturated heterocycles. The Hall–Kier alpha value is 0.310. The molecule has 0 spiro atoms. The van der Waals surface area contributed by atoms with E-state index in [0.29, 0.717) is 0 Å². The van der Waals surface area contributed by atoms with Gasteiger partial charge in [-0.25, -0.2) is 0 Å². The lowest BCUT2D eigenvalue weighted by Crippen LogP contribution is -2.01. The molecule has 1 heterocycles. The minimum atomic E-state index is 0.0425. The molecule has 1 saturated carbocycles. The molecule has 0 aromatic rings. The zero-order valence-electron chi connectivity index (χ0n) is 5.42. The average Bonchev–Trinajstić information content (AvgIpc) is 2.22. The molecule has 9 heavy (non-hydrogen) atoms. The summed E-state index contributed by atoms with van der Waals surface area (Å²) in [6, 6.07) is 0. The van der Waals surface area contributed by atoms with Crippen LogP contribution in [0.2, 0.25) is 0 Å². The van der Waals surface area contributed by atoms with Crippen molar-refractivity contribution in [3.05, 3.63) is 0 Å². The standard InChI is InChI=1S/C7H12OS/c8-7-1-5-3-9-4-6(5)2-7/h5-8H,1-4H2/t5-,6+,7-. The van der Waals surface area contributed by atoms with Gasteiger partial charge in [0, 0.05) is 0 Å². The van der Waals surface area contributed by atoms with Crippen LogP contribution >= 0.6 is 11.8 Å². The van der Waals surface area contributed by atoms with Crippen LogP contribution in [0.3, 0.4) is 0 Å². The van der Waals surface area contributed by atoms with Crippen LogP contribution in [-0.4, -0.2) is 22.7 Å². The predicted molar refractivity (Wildman–Crippen MR) is 39.5 cm³/mol. The van der Waals surface area contributed by atoms with E-state index in [0.717, 1.165) is 24.7 Å². The van der Waals surface area contributed by atoms with E-state index in [9.17, 15) is 5.11 Å². The van der Waals surface area contributed by atoms with E-state index in [1.165, 1.54) is 11.5 Å². The van der Waals surface area contributed by atoms with Gasteiger partial charge in [0.2, 0.25) is 0 Å². The SMILES string of the molecule is O[C@H]1C[C@H]2CSC[C@H]2C1. The van der Waals surface area contributed by atoms with Crippen LogP contribution in [0.5, 0.6) is 0 Å². The van der Waals surface area contributed by atoms with Gasteiger partial charge in [0.25, 0.3) is 0 Å². The Balaban J connectivity index is 2.02.